The van der Waals surface area contributed by atoms with E-state index < -0.39 is 0 Å². The summed E-state index contributed by atoms with van der Waals surface area (Å²) >= 11 is 0. The maximum absolute atomic E-state index is 12.7. The largest absolute Gasteiger partial charge is 0.322 e. The molecular formula is C25H24N2O2. The Labute approximate surface area is 171 Å². The number of nitrogens with zero attached hydrogens (tertiary/aromatic N) is 1. The summed E-state index contributed by atoms with van der Waals surface area (Å²) in [5, 5.41) is 3.00. The van der Waals surface area contributed by atoms with Crippen LogP contribution in [-0.4, -0.2) is 11.8 Å². The summed E-state index contributed by atoms with van der Waals surface area (Å²) in [5.74, 6) is 0.0175. The minimum atomic E-state index is -0.115. The smallest absolute Gasteiger partial charge is 0.255 e. The fourth-order valence-electron chi connectivity index (χ4n) is 3.84. The van der Waals surface area contributed by atoms with Gasteiger partial charge in [-0.15, -0.1) is 0 Å². The van der Waals surface area contributed by atoms with Crippen LogP contribution in [0.25, 0.3) is 0 Å². The molecule has 1 aliphatic heterocycles. The van der Waals surface area contributed by atoms with Gasteiger partial charge in [-0.05, 0) is 61.2 Å². The number of aryl methyl sites for hydroxylation is 3. The van der Waals surface area contributed by atoms with E-state index in [0.717, 1.165) is 33.6 Å². The summed E-state index contributed by atoms with van der Waals surface area (Å²) in [7, 11) is 0. The van der Waals surface area contributed by atoms with Gasteiger partial charge in [0.1, 0.15) is 0 Å². The molecular weight excluding hydrogens is 360 g/mol. The zero-order valence-electron chi connectivity index (χ0n) is 16.7. The number of hydrogen-bond acceptors (Lipinski definition) is 2. The van der Waals surface area contributed by atoms with Gasteiger partial charge >= 0.3 is 0 Å². The molecule has 146 valence electrons. The highest BCUT2D eigenvalue weighted by Crippen LogP contribution is 2.31. The SMILES string of the molecule is Cc1ccc(C(=O)Nc2ccc3c(c2)CCC(=O)N3Cc2ccccc2)c(C)c1. The van der Waals surface area contributed by atoms with Crippen molar-refractivity contribution in [1.82, 2.24) is 0 Å². The molecule has 1 aliphatic rings. The van der Waals surface area contributed by atoms with Crippen molar-refractivity contribution >= 4 is 23.2 Å². The lowest BCUT2D eigenvalue weighted by Crippen LogP contribution is -2.34. The highest BCUT2D eigenvalue weighted by molar-refractivity contribution is 6.05. The molecule has 3 aromatic carbocycles. The first kappa shape index (κ1) is 18.9. The Balaban J connectivity index is 1.56. The Morgan fingerprint density at radius 1 is 0.966 bits per heavy atom. The first-order chi connectivity index (χ1) is 14.0. The third kappa shape index (κ3) is 4.06. The van der Waals surface area contributed by atoms with Crippen LogP contribution in [0.4, 0.5) is 11.4 Å². The van der Waals surface area contributed by atoms with Gasteiger partial charge in [0.15, 0.2) is 0 Å². The topological polar surface area (TPSA) is 49.4 Å². The van der Waals surface area contributed by atoms with Gasteiger partial charge in [0.05, 0.1) is 6.54 Å². The third-order valence-electron chi connectivity index (χ3n) is 5.35. The third-order valence-corrected chi connectivity index (χ3v) is 5.35. The molecule has 0 saturated carbocycles. The van der Waals surface area contributed by atoms with Gasteiger partial charge in [-0.25, -0.2) is 0 Å². The number of carbonyl (C=O) groups excluding carboxylic acids is 2. The van der Waals surface area contributed by atoms with Crippen LogP contribution in [0.5, 0.6) is 0 Å². The Bertz CT molecular complexity index is 1070. The van der Waals surface area contributed by atoms with Crippen molar-refractivity contribution in [2.45, 2.75) is 33.2 Å². The Morgan fingerprint density at radius 3 is 2.52 bits per heavy atom. The number of benzene rings is 3. The first-order valence-electron chi connectivity index (χ1n) is 9.87. The predicted octanol–water partition coefficient (Wildman–Crippen LogP) is 5.04. The summed E-state index contributed by atoms with van der Waals surface area (Å²) in [6.07, 6.45) is 1.17. The van der Waals surface area contributed by atoms with Crippen molar-refractivity contribution < 1.29 is 9.59 Å². The van der Waals surface area contributed by atoms with Gasteiger partial charge in [-0.2, -0.15) is 0 Å². The fraction of sp³-hybridized carbons (Fsp3) is 0.200. The lowest BCUT2D eigenvalue weighted by Gasteiger charge is -2.30. The second-order valence-electron chi connectivity index (χ2n) is 7.58. The van der Waals surface area contributed by atoms with Crippen molar-refractivity contribution in [2.75, 3.05) is 10.2 Å². The van der Waals surface area contributed by atoms with Crippen LogP contribution in [0.3, 0.4) is 0 Å². The van der Waals surface area contributed by atoms with E-state index in [-0.39, 0.29) is 11.8 Å². The van der Waals surface area contributed by atoms with Gasteiger partial charge < -0.3 is 10.2 Å². The van der Waals surface area contributed by atoms with E-state index in [2.05, 4.69) is 5.32 Å². The monoisotopic (exact) mass is 384 g/mol. The molecule has 4 heteroatoms. The minimum Gasteiger partial charge on any atom is -0.322 e. The number of nitrogens with one attached hydrogen (secondary N) is 1. The summed E-state index contributed by atoms with van der Waals surface area (Å²) < 4.78 is 0. The molecule has 0 fully saturated rings. The quantitative estimate of drug-likeness (QED) is 0.685. The zero-order valence-corrected chi connectivity index (χ0v) is 16.7. The van der Waals surface area contributed by atoms with E-state index in [1.165, 1.54) is 0 Å². The van der Waals surface area contributed by atoms with E-state index in [0.29, 0.717) is 24.9 Å². The van der Waals surface area contributed by atoms with Crippen molar-refractivity contribution in [3.8, 4) is 0 Å². The molecule has 0 radical (unpaired) electrons. The number of anilines is 2. The second kappa shape index (κ2) is 7.92. The van der Waals surface area contributed by atoms with Gasteiger partial charge in [-0.1, -0.05) is 48.0 Å². The molecule has 0 bridgehead atoms. The van der Waals surface area contributed by atoms with Crippen LogP contribution in [0.1, 0.15) is 39.0 Å². The Kier molecular flexibility index (Phi) is 5.17. The van der Waals surface area contributed by atoms with Crippen LogP contribution in [0.15, 0.2) is 66.7 Å². The zero-order chi connectivity index (χ0) is 20.4. The Morgan fingerprint density at radius 2 is 1.76 bits per heavy atom. The lowest BCUT2D eigenvalue weighted by molar-refractivity contribution is -0.119. The van der Waals surface area contributed by atoms with E-state index in [1.807, 2.05) is 85.5 Å². The fourth-order valence-corrected chi connectivity index (χ4v) is 3.84. The van der Waals surface area contributed by atoms with Crippen molar-refractivity contribution in [1.29, 1.82) is 0 Å². The number of amides is 2. The van der Waals surface area contributed by atoms with Gasteiger partial charge in [0.25, 0.3) is 5.91 Å². The van der Waals surface area contributed by atoms with E-state index in [1.54, 1.807) is 0 Å². The minimum absolute atomic E-state index is 0.115. The highest BCUT2D eigenvalue weighted by Gasteiger charge is 2.24. The second-order valence-corrected chi connectivity index (χ2v) is 7.58. The standard InChI is InChI=1S/C25H24N2O2/c1-17-8-11-22(18(2)14-17)25(29)26-21-10-12-23-20(15-21)9-13-24(28)27(23)16-19-6-4-3-5-7-19/h3-8,10-12,14-15H,9,13,16H2,1-2H3,(H,26,29). The summed E-state index contributed by atoms with van der Waals surface area (Å²) in [4.78, 5) is 27.1. The van der Waals surface area contributed by atoms with E-state index in [4.69, 9.17) is 0 Å². The van der Waals surface area contributed by atoms with Crippen LogP contribution >= 0.6 is 0 Å². The normalized spacial score (nSPS) is 13.2. The molecule has 0 atom stereocenters. The highest BCUT2D eigenvalue weighted by atomic mass is 16.2. The lowest BCUT2D eigenvalue weighted by atomic mass is 9.99. The molecule has 0 aliphatic carbocycles. The van der Waals surface area contributed by atoms with Crippen molar-refractivity contribution in [3.63, 3.8) is 0 Å². The van der Waals surface area contributed by atoms with Gasteiger partial charge in [0, 0.05) is 23.4 Å². The van der Waals surface area contributed by atoms with Gasteiger partial charge in [0.2, 0.25) is 5.91 Å². The van der Waals surface area contributed by atoms with Crippen LogP contribution in [-0.2, 0) is 17.8 Å². The summed E-state index contributed by atoms with van der Waals surface area (Å²) in [5.41, 5.74) is 6.63. The number of fused-ring (bicyclic) bond motifs is 1. The van der Waals surface area contributed by atoms with Crippen LogP contribution in [0, 0.1) is 13.8 Å². The number of rotatable bonds is 4. The first-order valence-corrected chi connectivity index (χ1v) is 9.87. The molecule has 0 saturated heterocycles. The maximum atomic E-state index is 12.7. The molecule has 29 heavy (non-hydrogen) atoms. The average molecular weight is 384 g/mol. The molecule has 4 nitrogen and oxygen atoms in total. The Hall–Kier alpha value is -3.40. The number of hydrogen-bond donors (Lipinski definition) is 1. The molecule has 2 amide bonds. The average Bonchev–Trinajstić information content (AvgIpc) is 2.71. The van der Waals surface area contributed by atoms with Gasteiger partial charge in [-0.3, -0.25) is 9.59 Å². The molecule has 1 heterocycles. The summed E-state index contributed by atoms with van der Waals surface area (Å²) in [6, 6.07) is 21.6. The molecule has 4 rings (SSSR count). The summed E-state index contributed by atoms with van der Waals surface area (Å²) in [6.45, 7) is 4.52. The van der Waals surface area contributed by atoms with Crippen LogP contribution in [0.2, 0.25) is 0 Å². The maximum Gasteiger partial charge on any atom is 0.255 e. The molecule has 0 unspecified atom stereocenters. The van der Waals surface area contributed by atoms with Crippen molar-refractivity contribution in [2.24, 2.45) is 0 Å². The predicted molar refractivity (Wildman–Crippen MR) is 116 cm³/mol. The molecule has 0 spiro atoms. The van der Waals surface area contributed by atoms with Crippen molar-refractivity contribution in [3.05, 3.63) is 94.5 Å². The molecule has 1 N–H and O–H groups in total. The van der Waals surface area contributed by atoms with Crippen LogP contribution < -0.4 is 10.2 Å². The number of carbonyl (C=O) groups is 2. The molecule has 3 aromatic rings. The van der Waals surface area contributed by atoms with E-state index in [9.17, 15) is 9.59 Å². The molecule has 0 aromatic heterocycles. The van der Waals surface area contributed by atoms with E-state index >= 15 is 0 Å².